The summed E-state index contributed by atoms with van der Waals surface area (Å²) in [6, 6.07) is 15.1. The van der Waals surface area contributed by atoms with E-state index >= 15 is 0 Å². The lowest BCUT2D eigenvalue weighted by Crippen LogP contribution is -2.27. The summed E-state index contributed by atoms with van der Waals surface area (Å²) in [7, 11) is 1.69. The van der Waals surface area contributed by atoms with Crippen LogP contribution in [0.25, 0.3) is 0 Å². The Kier molecular flexibility index (Phi) is 3.95. The molecule has 2 N–H and O–H groups in total. The molecule has 1 heterocycles. The van der Waals surface area contributed by atoms with Crippen molar-refractivity contribution >= 4 is 0 Å². The SMILES string of the molecule is COc1ccc(CN2Cc3c(C)cccc3C2CN)cc1. The van der Waals surface area contributed by atoms with Gasteiger partial charge in [-0.3, -0.25) is 4.90 Å². The molecule has 1 aliphatic rings. The first-order chi connectivity index (χ1) is 10.2. The van der Waals surface area contributed by atoms with Crippen LogP contribution in [0.5, 0.6) is 5.75 Å². The predicted octanol–water partition coefficient (Wildman–Crippen LogP) is 3.02. The lowest BCUT2D eigenvalue weighted by molar-refractivity contribution is 0.211. The highest BCUT2D eigenvalue weighted by Crippen LogP contribution is 2.35. The first-order valence-electron chi connectivity index (χ1n) is 7.38. The van der Waals surface area contributed by atoms with Gasteiger partial charge in [0.15, 0.2) is 0 Å². The molecule has 0 aromatic heterocycles. The number of hydrogen-bond donors (Lipinski definition) is 1. The van der Waals surface area contributed by atoms with Crippen molar-refractivity contribution in [2.24, 2.45) is 5.73 Å². The van der Waals surface area contributed by atoms with Crippen molar-refractivity contribution in [1.29, 1.82) is 0 Å². The van der Waals surface area contributed by atoms with Crippen LogP contribution in [0.4, 0.5) is 0 Å². The minimum atomic E-state index is 0.321. The molecule has 21 heavy (non-hydrogen) atoms. The highest BCUT2D eigenvalue weighted by Gasteiger charge is 2.29. The third-order valence-electron chi connectivity index (χ3n) is 4.38. The van der Waals surface area contributed by atoms with Crippen LogP contribution >= 0.6 is 0 Å². The monoisotopic (exact) mass is 282 g/mol. The molecular weight excluding hydrogens is 260 g/mol. The number of benzene rings is 2. The molecule has 0 aliphatic carbocycles. The quantitative estimate of drug-likeness (QED) is 0.937. The Morgan fingerprint density at radius 2 is 1.95 bits per heavy atom. The summed E-state index contributed by atoms with van der Waals surface area (Å²) in [5.41, 5.74) is 11.5. The van der Waals surface area contributed by atoms with E-state index in [1.807, 2.05) is 12.1 Å². The molecule has 3 rings (SSSR count). The zero-order chi connectivity index (χ0) is 14.8. The van der Waals surface area contributed by atoms with Crippen molar-refractivity contribution in [1.82, 2.24) is 4.90 Å². The first-order valence-corrected chi connectivity index (χ1v) is 7.38. The Morgan fingerprint density at radius 1 is 1.19 bits per heavy atom. The normalized spacial score (nSPS) is 17.8. The van der Waals surface area contributed by atoms with Crippen LogP contribution in [0.15, 0.2) is 42.5 Å². The van der Waals surface area contributed by atoms with Crippen molar-refractivity contribution in [3.05, 3.63) is 64.7 Å². The van der Waals surface area contributed by atoms with Crippen LogP contribution in [-0.2, 0) is 13.1 Å². The molecule has 2 aromatic rings. The number of methoxy groups -OCH3 is 1. The molecule has 0 saturated carbocycles. The van der Waals surface area contributed by atoms with E-state index < -0.39 is 0 Å². The van der Waals surface area contributed by atoms with Crippen molar-refractivity contribution in [3.8, 4) is 5.75 Å². The molecule has 0 amide bonds. The zero-order valence-corrected chi connectivity index (χ0v) is 12.7. The lowest BCUT2D eigenvalue weighted by Gasteiger charge is -2.23. The van der Waals surface area contributed by atoms with Crippen LogP contribution in [0.2, 0.25) is 0 Å². The van der Waals surface area contributed by atoms with Gasteiger partial charge in [-0.15, -0.1) is 0 Å². The third kappa shape index (κ3) is 2.67. The second-order valence-corrected chi connectivity index (χ2v) is 5.65. The minimum Gasteiger partial charge on any atom is -0.497 e. The number of rotatable bonds is 4. The Balaban J connectivity index is 1.82. The van der Waals surface area contributed by atoms with Crippen molar-refractivity contribution in [2.75, 3.05) is 13.7 Å². The van der Waals surface area contributed by atoms with E-state index in [1.54, 1.807) is 7.11 Å². The average molecular weight is 282 g/mol. The summed E-state index contributed by atoms with van der Waals surface area (Å²) < 4.78 is 5.21. The molecule has 0 spiro atoms. The second-order valence-electron chi connectivity index (χ2n) is 5.65. The van der Waals surface area contributed by atoms with Gasteiger partial charge in [-0.05, 0) is 41.3 Å². The Bertz CT molecular complexity index is 622. The molecule has 2 aromatic carbocycles. The predicted molar refractivity (Wildman–Crippen MR) is 85.2 cm³/mol. The molecule has 3 nitrogen and oxygen atoms in total. The van der Waals surface area contributed by atoms with E-state index in [9.17, 15) is 0 Å². The maximum atomic E-state index is 6.03. The number of hydrogen-bond acceptors (Lipinski definition) is 3. The van der Waals surface area contributed by atoms with Gasteiger partial charge in [-0.2, -0.15) is 0 Å². The summed E-state index contributed by atoms with van der Waals surface area (Å²) in [6.45, 7) is 4.74. The third-order valence-corrected chi connectivity index (χ3v) is 4.38. The summed E-state index contributed by atoms with van der Waals surface area (Å²) in [6.07, 6.45) is 0. The smallest absolute Gasteiger partial charge is 0.118 e. The van der Waals surface area contributed by atoms with Gasteiger partial charge in [-0.25, -0.2) is 0 Å². The van der Waals surface area contributed by atoms with Crippen molar-refractivity contribution in [3.63, 3.8) is 0 Å². The van der Waals surface area contributed by atoms with Gasteiger partial charge in [0.05, 0.1) is 7.11 Å². The molecule has 0 fully saturated rings. The fourth-order valence-electron chi connectivity index (χ4n) is 3.17. The van der Waals surface area contributed by atoms with Crippen LogP contribution in [-0.4, -0.2) is 18.6 Å². The van der Waals surface area contributed by atoms with Gasteiger partial charge in [0, 0.05) is 25.7 Å². The van der Waals surface area contributed by atoms with E-state index in [1.165, 1.54) is 22.3 Å². The Morgan fingerprint density at radius 3 is 2.62 bits per heavy atom. The number of nitrogens with two attached hydrogens (primary N) is 1. The molecule has 1 unspecified atom stereocenters. The molecule has 1 atom stereocenters. The van der Waals surface area contributed by atoms with Gasteiger partial charge in [-0.1, -0.05) is 30.3 Å². The summed E-state index contributed by atoms with van der Waals surface area (Å²) in [4.78, 5) is 2.46. The van der Waals surface area contributed by atoms with Crippen molar-refractivity contribution < 1.29 is 4.74 Å². The topological polar surface area (TPSA) is 38.5 Å². The first kappa shape index (κ1) is 14.1. The van der Waals surface area contributed by atoms with E-state index in [4.69, 9.17) is 10.5 Å². The maximum absolute atomic E-state index is 6.03. The fraction of sp³-hybridized carbons (Fsp3) is 0.333. The van der Waals surface area contributed by atoms with E-state index in [0.717, 1.165) is 18.8 Å². The van der Waals surface area contributed by atoms with E-state index in [-0.39, 0.29) is 0 Å². The standard InChI is InChI=1S/C18H22N2O/c1-13-4-3-5-16-17(13)12-20(18(16)10-19)11-14-6-8-15(21-2)9-7-14/h3-9,18H,10-12,19H2,1-2H3. The van der Waals surface area contributed by atoms with Crippen LogP contribution in [0, 0.1) is 6.92 Å². The largest absolute Gasteiger partial charge is 0.497 e. The molecule has 0 bridgehead atoms. The maximum Gasteiger partial charge on any atom is 0.118 e. The minimum absolute atomic E-state index is 0.321. The molecule has 0 saturated heterocycles. The average Bonchev–Trinajstić information content (AvgIpc) is 2.87. The summed E-state index contributed by atoms with van der Waals surface area (Å²) >= 11 is 0. The van der Waals surface area contributed by atoms with E-state index in [2.05, 4.69) is 42.2 Å². The second kappa shape index (κ2) is 5.88. The fourth-order valence-corrected chi connectivity index (χ4v) is 3.17. The van der Waals surface area contributed by atoms with Crippen LogP contribution in [0.3, 0.4) is 0 Å². The van der Waals surface area contributed by atoms with Crippen molar-refractivity contribution in [2.45, 2.75) is 26.1 Å². The molecule has 110 valence electrons. The number of nitrogens with zero attached hydrogens (tertiary/aromatic N) is 1. The van der Waals surface area contributed by atoms with E-state index in [0.29, 0.717) is 12.6 Å². The highest BCUT2D eigenvalue weighted by atomic mass is 16.5. The van der Waals surface area contributed by atoms with Gasteiger partial charge >= 0.3 is 0 Å². The van der Waals surface area contributed by atoms with Crippen LogP contribution < -0.4 is 10.5 Å². The van der Waals surface area contributed by atoms with Gasteiger partial charge in [0.25, 0.3) is 0 Å². The Labute approximate surface area is 126 Å². The van der Waals surface area contributed by atoms with Gasteiger partial charge in [0.1, 0.15) is 5.75 Å². The molecule has 0 radical (unpaired) electrons. The van der Waals surface area contributed by atoms with Crippen LogP contribution in [0.1, 0.15) is 28.3 Å². The van der Waals surface area contributed by atoms with Gasteiger partial charge in [0.2, 0.25) is 0 Å². The highest BCUT2D eigenvalue weighted by molar-refractivity contribution is 5.40. The molecule has 1 aliphatic heterocycles. The zero-order valence-electron chi connectivity index (χ0n) is 12.7. The summed E-state index contributed by atoms with van der Waals surface area (Å²) in [5.74, 6) is 0.898. The number of fused-ring (bicyclic) bond motifs is 1. The lowest BCUT2D eigenvalue weighted by atomic mass is 10.0. The molecular formula is C18H22N2O. The number of ether oxygens (including phenoxy) is 1. The summed E-state index contributed by atoms with van der Waals surface area (Å²) in [5, 5.41) is 0. The molecule has 3 heteroatoms. The van der Waals surface area contributed by atoms with Gasteiger partial charge < -0.3 is 10.5 Å². The Hall–Kier alpha value is -1.84. The number of aryl methyl sites for hydroxylation is 1.